The number of nitro benzene ring substituents is 1. The second-order valence-corrected chi connectivity index (χ2v) is 6.37. The van der Waals surface area contributed by atoms with Crippen LogP contribution < -0.4 is 10.6 Å². The van der Waals surface area contributed by atoms with E-state index in [2.05, 4.69) is 15.5 Å². The van der Waals surface area contributed by atoms with Crippen molar-refractivity contribution >= 4 is 23.2 Å². The van der Waals surface area contributed by atoms with Crippen LogP contribution in [0.1, 0.15) is 12.8 Å². The number of hydrogen-bond acceptors (Lipinski definition) is 6. The van der Waals surface area contributed by atoms with Gasteiger partial charge in [0.25, 0.3) is 0 Å². The first-order chi connectivity index (χ1) is 12.9. The van der Waals surface area contributed by atoms with Gasteiger partial charge < -0.3 is 20.3 Å². The molecule has 1 heterocycles. The molecule has 1 aromatic carbocycles. The molecule has 148 valence electrons. The number of nitrogens with one attached hydrogen (secondary N) is 2. The Morgan fingerprint density at radius 3 is 2.67 bits per heavy atom. The number of piperidine rings is 1. The van der Waals surface area contributed by atoms with E-state index >= 15 is 0 Å². The van der Waals surface area contributed by atoms with Gasteiger partial charge in [-0.3, -0.25) is 19.7 Å². The molecule has 0 aliphatic carbocycles. The van der Waals surface area contributed by atoms with Gasteiger partial charge in [-0.1, -0.05) is 0 Å². The van der Waals surface area contributed by atoms with Crippen molar-refractivity contribution < 1.29 is 23.6 Å². The van der Waals surface area contributed by atoms with Crippen molar-refractivity contribution in [1.82, 2.24) is 10.2 Å². The second kappa shape index (κ2) is 9.93. The van der Waals surface area contributed by atoms with Gasteiger partial charge >= 0.3 is 17.5 Å². The first-order valence-corrected chi connectivity index (χ1v) is 8.65. The number of carbonyl (C=O) groups is 2. The Kier molecular flexibility index (Phi) is 7.62. The van der Waals surface area contributed by atoms with Crippen molar-refractivity contribution in [3.63, 3.8) is 0 Å². The maximum absolute atomic E-state index is 13.3. The average Bonchev–Trinajstić information content (AvgIpc) is 2.66. The number of nitrogens with zero attached hydrogens (tertiary/aromatic N) is 2. The van der Waals surface area contributed by atoms with Gasteiger partial charge in [0, 0.05) is 32.0 Å². The predicted octanol–water partition coefficient (Wildman–Crippen LogP) is 1.15. The van der Waals surface area contributed by atoms with Crippen LogP contribution in [0.4, 0.5) is 15.8 Å². The number of halogens is 1. The molecule has 2 amide bonds. The Hall–Kier alpha value is -2.59. The molecule has 1 aliphatic heterocycles. The maximum atomic E-state index is 13.3. The highest BCUT2D eigenvalue weighted by Gasteiger charge is 2.22. The summed E-state index contributed by atoms with van der Waals surface area (Å²) in [5, 5.41) is 15.5. The van der Waals surface area contributed by atoms with Crippen molar-refractivity contribution in [3.8, 4) is 0 Å². The van der Waals surface area contributed by atoms with Crippen LogP contribution in [0.25, 0.3) is 0 Å². The van der Waals surface area contributed by atoms with E-state index in [1.165, 1.54) is 0 Å². The van der Waals surface area contributed by atoms with E-state index in [9.17, 15) is 24.1 Å². The van der Waals surface area contributed by atoms with E-state index < -0.39 is 28.2 Å². The van der Waals surface area contributed by atoms with Crippen molar-refractivity contribution in [3.05, 3.63) is 34.1 Å². The van der Waals surface area contributed by atoms with Crippen LogP contribution in [-0.4, -0.2) is 61.5 Å². The van der Waals surface area contributed by atoms with E-state index in [1.54, 1.807) is 7.11 Å². The van der Waals surface area contributed by atoms with Gasteiger partial charge in [0.15, 0.2) is 0 Å². The molecule has 27 heavy (non-hydrogen) atoms. The summed E-state index contributed by atoms with van der Waals surface area (Å²) in [5.74, 6) is -2.51. The van der Waals surface area contributed by atoms with Crippen molar-refractivity contribution in [1.29, 1.82) is 0 Å². The molecule has 0 radical (unpaired) electrons. The average molecular weight is 382 g/mol. The highest BCUT2D eigenvalue weighted by molar-refractivity contribution is 6.39. The number of rotatable bonds is 7. The summed E-state index contributed by atoms with van der Waals surface area (Å²) in [6.07, 6.45) is 1.82. The van der Waals surface area contributed by atoms with E-state index in [0.29, 0.717) is 13.2 Å². The Bertz CT molecular complexity index is 692. The summed E-state index contributed by atoms with van der Waals surface area (Å²) in [7, 11) is 1.66. The zero-order chi connectivity index (χ0) is 19.8. The maximum Gasteiger partial charge on any atom is 0.313 e. The number of likely N-dealkylation sites (tertiary alicyclic amines) is 1. The number of benzene rings is 1. The van der Waals surface area contributed by atoms with Gasteiger partial charge in [0.1, 0.15) is 0 Å². The SMILES string of the molecule is COCCN1CCC(CNC(=O)C(=O)Nc2ccc(F)c([N+](=O)[O-])c2)CC1. The molecule has 0 unspecified atom stereocenters. The second-order valence-electron chi connectivity index (χ2n) is 6.37. The van der Waals surface area contributed by atoms with Crippen LogP contribution in [0.5, 0.6) is 0 Å². The van der Waals surface area contributed by atoms with E-state index in [1.807, 2.05) is 0 Å². The number of hydrogen-bond donors (Lipinski definition) is 2. The molecule has 0 saturated carbocycles. The van der Waals surface area contributed by atoms with Gasteiger partial charge in [0.05, 0.1) is 11.5 Å². The minimum Gasteiger partial charge on any atom is -0.383 e. The molecule has 10 heteroatoms. The number of methoxy groups -OCH3 is 1. The highest BCUT2D eigenvalue weighted by Crippen LogP contribution is 2.21. The summed E-state index contributed by atoms with van der Waals surface area (Å²) >= 11 is 0. The lowest BCUT2D eigenvalue weighted by Crippen LogP contribution is -2.42. The number of ether oxygens (including phenoxy) is 1. The fourth-order valence-corrected chi connectivity index (χ4v) is 2.87. The molecular weight excluding hydrogens is 359 g/mol. The summed E-state index contributed by atoms with van der Waals surface area (Å²) in [5.41, 5.74) is -0.789. The number of nitro groups is 1. The summed E-state index contributed by atoms with van der Waals surface area (Å²) in [4.78, 5) is 35.9. The molecule has 2 N–H and O–H groups in total. The van der Waals surface area contributed by atoms with Crippen LogP contribution in [0, 0.1) is 21.8 Å². The third-order valence-corrected chi connectivity index (χ3v) is 4.48. The molecule has 2 rings (SSSR count). The third kappa shape index (κ3) is 6.26. The molecule has 1 aromatic rings. The Balaban J connectivity index is 1.77. The van der Waals surface area contributed by atoms with Crippen molar-refractivity contribution in [2.75, 3.05) is 45.2 Å². The summed E-state index contributed by atoms with van der Waals surface area (Å²) in [6.45, 7) is 3.77. The zero-order valence-electron chi connectivity index (χ0n) is 15.1. The smallest absolute Gasteiger partial charge is 0.313 e. The Morgan fingerprint density at radius 1 is 1.33 bits per heavy atom. The predicted molar refractivity (Wildman–Crippen MR) is 95.7 cm³/mol. The lowest BCUT2D eigenvalue weighted by molar-refractivity contribution is -0.387. The minimum atomic E-state index is -1.01. The van der Waals surface area contributed by atoms with Crippen LogP contribution in [0.3, 0.4) is 0 Å². The highest BCUT2D eigenvalue weighted by atomic mass is 19.1. The molecule has 1 aliphatic rings. The van der Waals surface area contributed by atoms with Gasteiger partial charge in [-0.05, 0) is 44.0 Å². The lowest BCUT2D eigenvalue weighted by Gasteiger charge is -2.31. The van der Waals surface area contributed by atoms with Gasteiger partial charge in [0.2, 0.25) is 5.82 Å². The van der Waals surface area contributed by atoms with Crippen molar-refractivity contribution in [2.45, 2.75) is 12.8 Å². The van der Waals surface area contributed by atoms with Crippen LogP contribution in [-0.2, 0) is 14.3 Å². The molecule has 0 aromatic heterocycles. The third-order valence-electron chi connectivity index (χ3n) is 4.48. The van der Waals surface area contributed by atoms with Crippen LogP contribution in [0.2, 0.25) is 0 Å². The molecule has 1 fully saturated rings. The Morgan fingerprint density at radius 2 is 2.04 bits per heavy atom. The number of amides is 2. The monoisotopic (exact) mass is 382 g/mol. The van der Waals surface area contributed by atoms with E-state index in [0.717, 1.165) is 50.7 Å². The molecule has 0 bridgehead atoms. The van der Waals surface area contributed by atoms with Crippen LogP contribution >= 0.6 is 0 Å². The first kappa shape index (κ1) is 20.7. The van der Waals surface area contributed by atoms with E-state index in [-0.39, 0.29) is 11.6 Å². The van der Waals surface area contributed by atoms with Crippen LogP contribution in [0.15, 0.2) is 18.2 Å². The fourth-order valence-electron chi connectivity index (χ4n) is 2.87. The van der Waals surface area contributed by atoms with Gasteiger partial charge in [-0.2, -0.15) is 4.39 Å². The number of carbonyl (C=O) groups excluding carboxylic acids is 2. The Labute approximate surface area is 156 Å². The first-order valence-electron chi connectivity index (χ1n) is 8.65. The molecule has 9 nitrogen and oxygen atoms in total. The zero-order valence-corrected chi connectivity index (χ0v) is 15.1. The standard InChI is InChI=1S/C17H23FN4O5/c1-27-9-8-21-6-4-12(5-7-21)11-19-16(23)17(24)20-13-2-3-14(18)15(10-13)22(25)26/h2-3,10,12H,4-9,11H2,1H3,(H,19,23)(H,20,24). The van der Waals surface area contributed by atoms with Gasteiger partial charge in [-0.15, -0.1) is 0 Å². The lowest BCUT2D eigenvalue weighted by atomic mass is 9.97. The molecule has 0 spiro atoms. The van der Waals surface area contributed by atoms with Gasteiger partial charge in [-0.25, -0.2) is 0 Å². The molecule has 0 atom stereocenters. The summed E-state index contributed by atoms with van der Waals surface area (Å²) < 4.78 is 18.3. The minimum absolute atomic E-state index is 0.0188. The topological polar surface area (TPSA) is 114 Å². The van der Waals surface area contributed by atoms with Crippen molar-refractivity contribution in [2.24, 2.45) is 5.92 Å². The van der Waals surface area contributed by atoms with E-state index in [4.69, 9.17) is 4.74 Å². The summed E-state index contributed by atoms with van der Waals surface area (Å²) in [6, 6.07) is 2.89. The largest absolute Gasteiger partial charge is 0.383 e. The molecular formula is C17H23FN4O5. The number of anilines is 1. The molecule has 1 saturated heterocycles. The fraction of sp³-hybridized carbons (Fsp3) is 0.529. The normalized spacial score (nSPS) is 15.3. The quantitative estimate of drug-likeness (QED) is 0.415.